The Hall–Kier alpha value is -2.54. The zero-order chi connectivity index (χ0) is 21.8. The zero-order valence-corrected chi connectivity index (χ0v) is 18.8. The molecule has 170 valence electrons. The van der Waals surface area contributed by atoms with Crippen LogP contribution in [0.15, 0.2) is 30.3 Å². The topological polar surface area (TPSA) is 64.3 Å². The number of nitrogens with zero attached hydrogens (tertiary/aromatic N) is 4. The summed E-state index contributed by atoms with van der Waals surface area (Å²) in [4.78, 5) is 6.70. The van der Waals surface area contributed by atoms with Gasteiger partial charge in [-0.25, -0.2) is 0 Å². The minimum Gasteiger partial charge on any atom is -0.494 e. The van der Waals surface area contributed by atoms with E-state index in [1.54, 1.807) is 15.5 Å². The van der Waals surface area contributed by atoms with Crippen molar-refractivity contribution in [3.63, 3.8) is 0 Å². The molecule has 2 N–H and O–H groups in total. The molecule has 1 saturated carbocycles. The molecular weight excluding hydrogens is 392 g/mol. The van der Waals surface area contributed by atoms with Crippen LogP contribution in [0.1, 0.15) is 32.1 Å². The average molecular weight is 429 g/mol. The summed E-state index contributed by atoms with van der Waals surface area (Å²) in [5.74, 6) is 1.27. The Morgan fingerprint density at radius 3 is 2.39 bits per heavy atom. The second-order valence-electron chi connectivity index (χ2n) is 8.93. The maximum atomic E-state index is 10.3. The molecule has 7 heteroatoms. The van der Waals surface area contributed by atoms with E-state index in [9.17, 15) is 10.2 Å². The predicted molar refractivity (Wildman–Crippen MR) is 125 cm³/mol. The molecule has 2 heterocycles. The molecule has 1 saturated heterocycles. The Kier molecular flexibility index (Phi) is 6.80. The van der Waals surface area contributed by atoms with Crippen molar-refractivity contribution in [2.45, 2.75) is 44.8 Å². The summed E-state index contributed by atoms with van der Waals surface area (Å²) in [6.07, 6.45) is 6.15. The monoisotopic (exact) mass is 428 g/mol. The van der Waals surface area contributed by atoms with Crippen LogP contribution in [-0.4, -0.2) is 72.6 Å². The lowest BCUT2D eigenvalue weighted by molar-refractivity contribution is 0.208. The van der Waals surface area contributed by atoms with Gasteiger partial charge < -0.3 is 24.7 Å². The van der Waals surface area contributed by atoms with Gasteiger partial charge in [-0.15, -0.1) is 0 Å². The Labute approximate surface area is 185 Å². The van der Waals surface area contributed by atoms with Crippen LogP contribution in [0.5, 0.6) is 17.5 Å². The van der Waals surface area contributed by atoms with Crippen molar-refractivity contribution < 1.29 is 14.9 Å². The summed E-state index contributed by atoms with van der Waals surface area (Å²) >= 11 is 0. The van der Waals surface area contributed by atoms with Crippen LogP contribution < -0.4 is 14.5 Å². The summed E-state index contributed by atoms with van der Waals surface area (Å²) in [6, 6.07) is 10.1. The van der Waals surface area contributed by atoms with Gasteiger partial charge in [-0.2, -0.15) is 0 Å². The molecule has 1 aromatic heterocycles. The molecule has 1 aliphatic carbocycles. The van der Waals surface area contributed by atoms with E-state index in [-0.39, 0.29) is 11.8 Å². The smallest absolute Gasteiger partial charge is 0.218 e. The Morgan fingerprint density at radius 2 is 1.71 bits per heavy atom. The Morgan fingerprint density at radius 1 is 1.00 bits per heavy atom. The predicted octanol–water partition coefficient (Wildman–Crippen LogP) is 3.50. The summed E-state index contributed by atoms with van der Waals surface area (Å²) in [7, 11) is 3.71. The van der Waals surface area contributed by atoms with Crippen molar-refractivity contribution >= 4 is 11.4 Å². The van der Waals surface area contributed by atoms with E-state index in [4.69, 9.17) is 4.74 Å². The molecule has 1 aliphatic heterocycles. The van der Waals surface area contributed by atoms with Crippen LogP contribution in [0.2, 0.25) is 0 Å². The van der Waals surface area contributed by atoms with Gasteiger partial charge in [0.2, 0.25) is 5.88 Å². The molecule has 0 atom stereocenters. The van der Waals surface area contributed by atoms with E-state index in [0.29, 0.717) is 18.3 Å². The highest BCUT2D eigenvalue weighted by atomic mass is 16.5. The quantitative estimate of drug-likeness (QED) is 0.671. The van der Waals surface area contributed by atoms with E-state index in [1.807, 2.05) is 14.1 Å². The number of aromatic hydroxyl groups is 2. The first kappa shape index (κ1) is 21.7. The lowest BCUT2D eigenvalue weighted by Crippen LogP contribution is -2.46. The lowest BCUT2D eigenvalue weighted by atomic mass is 10.2. The number of hydrogen-bond acceptors (Lipinski definition) is 6. The first-order valence-electron chi connectivity index (χ1n) is 11.5. The van der Waals surface area contributed by atoms with Gasteiger partial charge in [0.15, 0.2) is 5.88 Å². The third-order valence-corrected chi connectivity index (χ3v) is 6.54. The van der Waals surface area contributed by atoms with Gasteiger partial charge in [-0.05, 0) is 50.8 Å². The van der Waals surface area contributed by atoms with Crippen LogP contribution in [0.4, 0.5) is 11.4 Å². The molecule has 0 bridgehead atoms. The third kappa shape index (κ3) is 5.03. The number of hydrogen-bond donors (Lipinski definition) is 2. The average Bonchev–Trinajstić information content (AvgIpc) is 3.38. The van der Waals surface area contributed by atoms with Crippen LogP contribution in [-0.2, 0) is 6.54 Å². The Bertz CT molecular complexity index is 853. The first-order valence-corrected chi connectivity index (χ1v) is 11.5. The van der Waals surface area contributed by atoms with Gasteiger partial charge >= 0.3 is 0 Å². The van der Waals surface area contributed by atoms with Gasteiger partial charge in [-0.1, -0.05) is 12.1 Å². The van der Waals surface area contributed by atoms with Gasteiger partial charge in [0.1, 0.15) is 11.4 Å². The molecule has 0 spiro atoms. The van der Waals surface area contributed by atoms with Gasteiger partial charge in [0, 0.05) is 52.9 Å². The van der Waals surface area contributed by atoms with Crippen molar-refractivity contribution in [1.82, 2.24) is 9.47 Å². The Balaban J connectivity index is 1.27. The molecule has 4 rings (SSSR count). The fraction of sp³-hybridized carbons (Fsp3) is 0.583. The number of aromatic nitrogens is 1. The van der Waals surface area contributed by atoms with Crippen LogP contribution >= 0.6 is 0 Å². The van der Waals surface area contributed by atoms with Crippen molar-refractivity contribution in [3.05, 3.63) is 30.3 Å². The van der Waals surface area contributed by atoms with Crippen molar-refractivity contribution in [3.8, 4) is 17.5 Å². The SMILES string of the molecule is CN(C)c1cc(O)n(CCCN2CCN(c3ccccc3OC3CCCC3)CC2)c1O. The molecule has 0 amide bonds. The molecule has 0 unspecified atom stereocenters. The lowest BCUT2D eigenvalue weighted by Gasteiger charge is -2.37. The van der Waals surface area contributed by atoms with Crippen LogP contribution in [0, 0.1) is 0 Å². The third-order valence-electron chi connectivity index (χ3n) is 6.54. The van der Waals surface area contributed by atoms with E-state index >= 15 is 0 Å². The number of para-hydroxylation sites is 2. The maximum absolute atomic E-state index is 10.3. The second kappa shape index (κ2) is 9.73. The van der Waals surface area contributed by atoms with Gasteiger partial charge in [0.05, 0.1) is 11.8 Å². The molecule has 1 aromatic carbocycles. The molecule has 2 aromatic rings. The van der Waals surface area contributed by atoms with Crippen LogP contribution in [0.3, 0.4) is 0 Å². The number of benzene rings is 1. The fourth-order valence-electron chi connectivity index (χ4n) is 4.73. The molecular formula is C24H36N4O3. The molecule has 7 nitrogen and oxygen atoms in total. The van der Waals surface area contributed by atoms with E-state index < -0.39 is 0 Å². The summed E-state index contributed by atoms with van der Waals surface area (Å²) < 4.78 is 7.92. The van der Waals surface area contributed by atoms with Gasteiger partial charge in [-0.3, -0.25) is 9.47 Å². The van der Waals surface area contributed by atoms with Gasteiger partial charge in [0.25, 0.3) is 0 Å². The minimum atomic E-state index is 0.116. The molecule has 2 fully saturated rings. The normalized spacial score (nSPS) is 17.9. The van der Waals surface area contributed by atoms with E-state index in [0.717, 1.165) is 44.9 Å². The number of anilines is 2. The zero-order valence-electron chi connectivity index (χ0n) is 18.8. The van der Waals surface area contributed by atoms with Crippen molar-refractivity contribution in [2.75, 3.05) is 56.6 Å². The molecule has 31 heavy (non-hydrogen) atoms. The van der Waals surface area contributed by atoms with E-state index in [2.05, 4.69) is 34.1 Å². The standard InChI is InChI=1S/C24H36N4O3/c1-25(2)21-18-23(29)28(24(21)30)13-7-12-26-14-16-27(17-15-26)20-10-5-6-11-22(20)31-19-8-3-4-9-19/h5-6,10-11,18-19,29-30H,3-4,7-9,12-17H2,1-2H3. The second-order valence-corrected chi connectivity index (χ2v) is 8.93. The number of ether oxygens (including phenoxy) is 1. The largest absolute Gasteiger partial charge is 0.494 e. The number of rotatable bonds is 8. The van der Waals surface area contributed by atoms with Crippen molar-refractivity contribution in [1.29, 1.82) is 0 Å². The van der Waals surface area contributed by atoms with Crippen LogP contribution in [0.25, 0.3) is 0 Å². The highest BCUT2D eigenvalue weighted by Crippen LogP contribution is 2.35. The minimum absolute atomic E-state index is 0.116. The first-order chi connectivity index (χ1) is 15.0. The fourth-order valence-corrected chi connectivity index (χ4v) is 4.73. The van der Waals surface area contributed by atoms with Crippen molar-refractivity contribution in [2.24, 2.45) is 0 Å². The summed E-state index contributed by atoms with van der Waals surface area (Å²) in [5.41, 5.74) is 1.86. The summed E-state index contributed by atoms with van der Waals surface area (Å²) in [5, 5.41) is 20.5. The highest BCUT2D eigenvalue weighted by molar-refractivity contribution is 5.59. The molecule has 0 radical (unpaired) electrons. The summed E-state index contributed by atoms with van der Waals surface area (Å²) in [6.45, 7) is 5.52. The maximum Gasteiger partial charge on any atom is 0.218 e. The highest BCUT2D eigenvalue weighted by Gasteiger charge is 2.23. The molecule has 2 aliphatic rings. The van der Waals surface area contributed by atoms with E-state index in [1.165, 1.54) is 31.4 Å². The number of piperazine rings is 1.